The largest absolute Gasteiger partial charge is 0.195 e. The monoisotopic (exact) mass is 381 g/mol. The average molecular weight is 382 g/mol. The number of aliphatic imine (C=N–C) groups is 1. The summed E-state index contributed by atoms with van der Waals surface area (Å²) in [7, 11) is 0. The molecule has 1 nitrogen and oxygen atoms in total. The number of hydrogen-bond acceptors (Lipinski definition) is 2. The van der Waals surface area contributed by atoms with Crippen LogP contribution in [0.2, 0.25) is 0 Å². The SMILES string of the molecule is CCCCc1ccc(-c2ccc(C#Cc3ccc(N=C=S)cc3)c(C)c2)cc1. The molecule has 0 aliphatic rings. The Bertz CT molecular complexity index is 1040. The number of benzene rings is 3. The van der Waals surface area contributed by atoms with E-state index < -0.39 is 0 Å². The number of isothiocyanates is 1. The highest BCUT2D eigenvalue weighted by Gasteiger charge is 2.02. The summed E-state index contributed by atoms with van der Waals surface area (Å²) in [4.78, 5) is 3.96. The first-order valence-electron chi connectivity index (χ1n) is 9.59. The van der Waals surface area contributed by atoms with Crippen molar-refractivity contribution < 1.29 is 0 Å². The molecule has 0 spiro atoms. The lowest BCUT2D eigenvalue weighted by atomic mass is 9.98. The zero-order valence-corrected chi connectivity index (χ0v) is 17.1. The fourth-order valence-corrected chi connectivity index (χ4v) is 3.15. The number of rotatable bonds is 5. The van der Waals surface area contributed by atoms with Gasteiger partial charge in [-0.1, -0.05) is 61.6 Å². The van der Waals surface area contributed by atoms with Gasteiger partial charge in [-0.2, -0.15) is 4.99 Å². The fourth-order valence-electron chi connectivity index (χ4n) is 3.04. The number of nitrogens with zero attached hydrogens (tertiary/aromatic N) is 1. The molecule has 0 saturated carbocycles. The zero-order chi connectivity index (χ0) is 19.8. The van der Waals surface area contributed by atoms with Gasteiger partial charge in [-0.3, -0.25) is 0 Å². The lowest BCUT2D eigenvalue weighted by Gasteiger charge is -2.07. The van der Waals surface area contributed by atoms with E-state index >= 15 is 0 Å². The van der Waals surface area contributed by atoms with Gasteiger partial charge in [-0.05, 0) is 84.6 Å². The third-order valence-corrected chi connectivity index (χ3v) is 4.81. The van der Waals surface area contributed by atoms with Crippen LogP contribution in [0.4, 0.5) is 5.69 Å². The van der Waals surface area contributed by atoms with Gasteiger partial charge in [-0.15, -0.1) is 0 Å². The molecule has 3 rings (SSSR count). The second-order valence-corrected chi connectivity index (χ2v) is 7.01. The Morgan fingerprint density at radius 2 is 1.57 bits per heavy atom. The third-order valence-electron chi connectivity index (χ3n) is 4.72. The van der Waals surface area contributed by atoms with Crippen LogP contribution in [0.15, 0.2) is 71.7 Å². The van der Waals surface area contributed by atoms with Crippen LogP contribution >= 0.6 is 12.2 Å². The van der Waals surface area contributed by atoms with E-state index in [4.69, 9.17) is 0 Å². The van der Waals surface area contributed by atoms with Crippen molar-refractivity contribution in [3.05, 3.63) is 89.0 Å². The van der Waals surface area contributed by atoms with E-state index in [0.29, 0.717) is 0 Å². The molecule has 0 amide bonds. The van der Waals surface area contributed by atoms with E-state index in [1.54, 1.807) is 0 Å². The molecule has 0 aliphatic carbocycles. The van der Waals surface area contributed by atoms with Crippen LogP contribution in [-0.2, 0) is 6.42 Å². The number of unbranched alkanes of at least 4 members (excludes halogenated alkanes) is 1. The van der Waals surface area contributed by atoms with E-state index in [9.17, 15) is 0 Å². The Morgan fingerprint density at radius 1 is 0.857 bits per heavy atom. The molecular formula is C26H23NS. The predicted molar refractivity (Wildman–Crippen MR) is 122 cm³/mol. The Balaban J connectivity index is 1.76. The maximum absolute atomic E-state index is 4.62. The first-order chi connectivity index (χ1) is 13.7. The Morgan fingerprint density at radius 3 is 2.21 bits per heavy atom. The lowest BCUT2D eigenvalue weighted by molar-refractivity contribution is 0.795. The molecule has 3 aromatic rings. The van der Waals surface area contributed by atoms with Crippen LogP contribution < -0.4 is 0 Å². The summed E-state index contributed by atoms with van der Waals surface area (Å²) in [6.45, 7) is 4.34. The summed E-state index contributed by atoms with van der Waals surface area (Å²) in [6.07, 6.45) is 3.63. The highest BCUT2D eigenvalue weighted by atomic mass is 32.1. The van der Waals surface area contributed by atoms with E-state index in [1.165, 1.54) is 35.1 Å². The van der Waals surface area contributed by atoms with Crippen molar-refractivity contribution >= 4 is 23.1 Å². The van der Waals surface area contributed by atoms with Gasteiger partial charge in [0.2, 0.25) is 0 Å². The third kappa shape index (κ3) is 5.27. The van der Waals surface area contributed by atoms with Gasteiger partial charge < -0.3 is 0 Å². The first-order valence-corrected chi connectivity index (χ1v) is 10.0. The number of hydrogen-bond donors (Lipinski definition) is 0. The topological polar surface area (TPSA) is 12.4 Å². The van der Waals surface area contributed by atoms with Crippen LogP contribution in [0.25, 0.3) is 11.1 Å². The van der Waals surface area contributed by atoms with E-state index in [-0.39, 0.29) is 0 Å². The molecule has 0 heterocycles. The van der Waals surface area contributed by atoms with Crippen molar-refractivity contribution in [2.24, 2.45) is 4.99 Å². The lowest BCUT2D eigenvalue weighted by Crippen LogP contribution is -1.87. The second-order valence-electron chi connectivity index (χ2n) is 6.83. The van der Waals surface area contributed by atoms with Crippen LogP contribution in [0.3, 0.4) is 0 Å². The Labute approximate surface area is 173 Å². The molecule has 0 N–H and O–H groups in total. The van der Waals surface area contributed by atoms with E-state index in [1.807, 2.05) is 24.3 Å². The van der Waals surface area contributed by atoms with Crippen molar-refractivity contribution in [2.45, 2.75) is 33.1 Å². The maximum Gasteiger partial charge on any atom is 0.0740 e. The summed E-state index contributed by atoms with van der Waals surface area (Å²) in [5, 5.41) is 2.37. The quantitative estimate of drug-likeness (QED) is 0.260. The number of aryl methyl sites for hydroxylation is 2. The molecule has 3 aromatic carbocycles. The molecule has 2 heteroatoms. The zero-order valence-electron chi connectivity index (χ0n) is 16.3. The van der Waals surface area contributed by atoms with Crippen molar-refractivity contribution in [1.82, 2.24) is 0 Å². The molecule has 0 aliphatic heterocycles. The Kier molecular flexibility index (Phi) is 6.93. The predicted octanol–water partition coefficient (Wildman–Crippen LogP) is 7.14. The van der Waals surface area contributed by atoms with Crippen LogP contribution in [0.5, 0.6) is 0 Å². The molecule has 138 valence electrons. The second kappa shape index (κ2) is 9.81. The molecule has 28 heavy (non-hydrogen) atoms. The van der Waals surface area contributed by atoms with Gasteiger partial charge in [-0.25, -0.2) is 0 Å². The fraction of sp³-hybridized carbons (Fsp3) is 0.192. The Hall–Kier alpha value is -2.98. The maximum atomic E-state index is 4.62. The summed E-state index contributed by atoms with van der Waals surface area (Å²) >= 11 is 4.62. The van der Waals surface area contributed by atoms with Crippen LogP contribution in [0, 0.1) is 18.8 Å². The summed E-state index contributed by atoms with van der Waals surface area (Å²) < 4.78 is 0. The minimum Gasteiger partial charge on any atom is -0.195 e. The molecule has 0 atom stereocenters. The summed E-state index contributed by atoms with van der Waals surface area (Å²) in [5.74, 6) is 6.49. The van der Waals surface area contributed by atoms with Crippen LogP contribution in [-0.4, -0.2) is 5.16 Å². The van der Waals surface area contributed by atoms with E-state index in [2.05, 4.69) is 90.5 Å². The van der Waals surface area contributed by atoms with E-state index in [0.717, 1.165) is 23.2 Å². The van der Waals surface area contributed by atoms with Crippen molar-refractivity contribution in [3.8, 4) is 23.0 Å². The highest BCUT2D eigenvalue weighted by Crippen LogP contribution is 2.23. The first kappa shape index (κ1) is 19.8. The molecule has 0 unspecified atom stereocenters. The van der Waals surface area contributed by atoms with Crippen LogP contribution in [0.1, 0.15) is 42.0 Å². The van der Waals surface area contributed by atoms with Crippen molar-refractivity contribution in [3.63, 3.8) is 0 Å². The summed E-state index contributed by atoms with van der Waals surface area (Å²) in [5.41, 5.74) is 7.86. The highest BCUT2D eigenvalue weighted by molar-refractivity contribution is 7.78. The molecule has 0 bridgehead atoms. The van der Waals surface area contributed by atoms with Gasteiger partial charge in [0.15, 0.2) is 0 Å². The van der Waals surface area contributed by atoms with Gasteiger partial charge in [0.05, 0.1) is 10.8 Å². The number of thiocarbonyl (C=S) groups is 1. The molecule has 0 fully saturated rings. The smallest absolute Gasteiger partial charge is 0.0740 e. The molecule has 0 saturated heterocycles. The van der Waals surface area contributed by atoms with Gasteiger partial charge >= 0.3 is 0 Å². The van der Waals surface area contributed by atoms with Gasteiger partial charge in [0, 0.05) is 11.1 Å². The molecular weight excluding hydrogens is 358 g/mol. The molecule has 0 radical (unpaired) electrons. The average Bonchev–Trinajstić information content (AvgIpc) is 2.73. The van der Waals surface area contributed by atoms with Gasteiger partial charge in [0.25, 0.3) is 0 Å². The normalized spacial score (nSPS) is 9.93. The van der Waals surface area contributed by atoms with Crippen molar-refractivity contribution in [1.29, 1.82) is 0 Å². The van der Waals surface area contributed by atoms with Crippen molar-refractivity contribution in [2.75, 3.05) is 0 Å². The van der Waals surface area contributed by atoms with Gasteiger partial charge in [0.1, 0.15) is 0 Å². The minimum absolute atomic E-state index is 0.793. The summed E-state index contributed by atoms with van der Waals surface area (Å²) in [6, 6.07) is 23.1. The minimum atomic E-state index is 0.793. The molecule has 0 aromatic heterocycles. The standard InChI is InChI=1S/C26H23NS/c1-3-4-5-21-7-12-24(13-8-21)25-15-14-23(20(2)18-25)11-6-22-9-16-26(17-10-22)27-19-28/h7-10,12-18H,3-5H2,1-2H3.